The number of nitrogens with one attached hydrogen (secondary N) is 1. The number of anilines is 1. The topological polar surface area (TPSA) is 41.0 Å². The highest BCUT2D eigenvalue weighted by Gasteiger charge is 2.09. The van der Waals surface area contributed by atoms with E-state index in [4.69, 9.17) is 0 Å². The third-order valence-electron chi connectivity index (χ3n) is 0.962. The van der Waals surface area contributed by atoms with Gasteiger partial charge < -0.3 is 0 Å². The van der Waals surface area contributed by atoms with Crippen LogP contribution < -0.4 is 9.84 Å². The molecule has 1 N–H and O–H groups in total. The predicted octanol–water partition coefficient (Wildman–Crippen LogP) is 0.785. The van der Waals surface area contributed by atoms with Gasteiger partial charge in [0.25, 0.3) is 0 Å². The minimum absolute atomic E-state index is 0.784. The number of hydrogen-bond donors (Lipinski definition) is 1. The Morgan fingerprint density at radius 2 is 2.70 bits per heavy atom. The average molecular weight is 171 g/mol. The molecule has 1 radical (unpaired) electrons. The first-order valence-corrected chi connectivity index (χ1v) is 4.25. The fourth-order valence-corrected chi connectivity index (χ4v) is 1.44. The van der Waals surface area contributed by atoms with Crippen LogP contribution in [0, 0.1) is 6.20 Å². The molecule has 6 heteroatoms. The lowest BCUT2D eigenvalue weighted by Gasteiger charge is -2.07. The van der Waals surface area contributed by atoms with Gasteiger partial charge in [0.2, 0.25) is 0 Å². The van der Waals surface area contributed by atoms with E-state index in [1.54, 1.807) is 5.01 Å². The summed E-state index contributed by atoms with van der Waals surface area (Å²) in [6.07, 6.45) is 2.92. The van der Waals surface area contributed by atoms with Crippen LogP contribution in [-0.2, 0) is 0 Å². The van der Waals surface area contributed by atoms with Crippen LogP contribution in [0.15, 0.2) is 10.8 Å². The summed E-state index contributed by atoms with van der Waals surface area (Å²) in [7, 11) is 0. The normalized spacial score (nSPS) is 16.6. The van der Waals surface area contributed by atoms with E-state index in [1.807, 2.05) is 10.8 Å². The molecule has 1 aromatic heterocycles. The second-order valence-electron chi connectivity index (χ2n) is 1.55. The Kier molecular flexibility index (Phi) is 1.58. The summed E-state index contributed by atoms with van der Waals surface area (Å²) in [6.45, 7) is 0. The molecule has 1 aliphatic heterocycles. The zero-order chi connectivity index (χ0) is 6.81. The molecule has 1 aromatic rings. The number of hydrogen-bond acceptors (Lipinski definition) is 6. The molecule has 2 heterocycles. The molecule has 0 spiro atoms. The van der Waals surface area contributed by atoms with Crippen molar-refractivity contribution in [2.45, 2.75) is 0 Å². The van der Waals surface area contributed by atoms with Gasteiger partial charge in [-0.15, -0.1) is 5.10 Å². The van der Waals surface area contributed by atoms with Crippen molar-refractivity contribution in [1.29, 1.82) is 0 Å². The summed E-state index contributed by atoms with van der Waals surface area (Å²) in [5, 5.41) is 9.19. The molecule has 0 unspecified atom stereocenters. The monoisotopic (exact) mass is 171 g/mol. The maximum atomic E-state index is 3.83. The lowest BCUT2D eigenvalue weighted by Crippen LogP contribution is -2.23. The van der Waals surface area contributed by atoms with Crippen molar-refractivity contribution >= 4 is 29.3 Å². The van der Waals surface area contributed by atoms with Crippen LogP contribution >= 0.6 is 23.5 Å². The minimum atomic E-state index is 0.784. The van der Waals surface area contributed by atoms with E-state index < -0.39 is 0 Å². The molecule has 0 amide bonds. The maximum Gasteiger partial charge on any atom is 0.183 e. The third kappa shape index (κ3) is 1.00. The molecule has 0 saturated heterocycles. The minimum Gasteiger partial charge on any atom is -0.244 e. The Morgan fingerprint density at radius 3 is 3.30 bits per heavy atom. The lowest BCUT2D eigenvalue weighted by molar-refractivity contribution is 0.937. The van der Waals surface area contributed by atoms with Crippen molar-refractivity contribution in [1.82, 2.24) is 14.4 Å². The molecular weight excluding hydrogens is 168 g/mol. The molecule has 0 bridgehead atoms. The fourth-order valence-electron chi connectivity index (χ4n) is 0.554. The Morgan fingerprint density at radius 1 is 1.70 bits per heavy atom. The van der Waals surface area contributed by atoms with Gasteiger partial charge in [-0.25, -0.2) is 5.01 Å². The number of aromatic nitrogens is 2. The SMILES string of the molecule is [C]1=CSNN1c1csnn1. The van der Waals surface area contributed by atoms with Gasteiger partial charge in [0.1, 0.15) is 0 Å². The molecular formula is C4H3N4S2. The molecule has 0 fully saturated rings. The van der Waals surface area contributed by atoms with E-state index in [1.165, 1.54) is 23.5 Å². The largest absolute Gasteiger partial charge is 0.244 e. The number of nitrogens with zero attached hydrogens (tertiary/aromatic N) is 3. The second-order valence-corrected chi connectivity index (χ2v) is 2.82. The van der Waals surface area contributed by atoms with Gasteiger partial charge in [-0.1, -0.05) is 4.49 Å². The van der Waals surface area contributed by atoms with E-state index in [-0.39, 0.29) is 0 Å². The van der Waals surface area contributed by atoms with Crippen molar-refractivity contribution < 1.29 is 0 Å². The maximum absolute atomic E-state index is 3.83. The predicted molar refractivity (Wildman–Crippen MR) is 40.9 cm³/mol. The summed E-state index contributed by atoms with van der Waals surface area (Å²) in [5.41, 5.74) is 0. The fraction of sp³-hybridized carbons (Fsp3) is 0. The molecule has 4 nitrogen and oxygen atoms in total. The van der Waals surface area contributed by atoms with Crippen molar-refractivity contribution in [3.8, 4) is 0 Å². The van der Waals surface area contributed by atoms with Crippen LogP contribution in [0.2, 0.25) is 0 Å². The van der Waals surface area contributed by atoms with Gasteiger partial charge in [-0.2, -0.15) is 4.83 Å². The van der Waals surface area contributed by atoms with Crippen molar-refractivity contribution in [3.05, 3.63) is 17.0 Å². The van der Waals surface area contributed by atoms with Gasteiger partial charge >= 0.3 is 0 Å². The van der Waals surface area contributed by atoms with E-state index in [9.17, 15) is 0 Å². The van der Waals surface area contributed by atoms with Crippen LogP contribution in [0.1, 0.15) is 0 Å². The molecule has 0 saturated carbocycles. The second kappa shape index (κ2) is 2.57. The molecule has 10 heavy (non-hydrogen) atoms. The quantitative estimate of drug-likeness (QED) is 0.632. The molecule has 0 aliphatic carbocycles. The molecule has 2 rings (SSSR count). The Bertz CT molecular complexity index is 231. The van der Waals surface area contributed by atoms with E-state index in [0.29, 0.717) is 0 Å². The van der Waals surface area contributed by atoms with Gasteiger partial charge in [0.05, 0.1) is 11.6 Å². The molecule has 1 aliphatic rings. The van der Waals surface area contributed by atoms with Crippen LogP contribution in [0.3, 0.4) is 0 Å². The summed E-state index contributed by atoms with van der Waals surface area (Å²) in [6, 6.07) is 0. The Labute approximate surface area is 66.2 Å². The van der Waals surface area contributed by atoms with Crippen molar-refractivity contribution in [2.24, 2.45) is 0 Å². The van der Waals surface area contributed by atoms with Crippen LogP contribution in [-0.4, -0.2) is 9.59 Å². The van der Waals surface area contributed by atoms with E-state index in [0.717, 1.165) is 5.82 Å². The molecule has 51 valence electrons. The highest BCUT2D eigenvalue weighted by molar-refractivity contribution is 8.00. The smallest absolute Gasteiger partial charge is 0.183 e. The summed E-state index contributed by atoms with van der Waals surface area (Å²) in [5.74, 6) is 0.784. The standard InChI is InChI=1S/C4H3N4S2/c1-2-9-7-8(1)4-3-10-6-5-4/h2-3,7H. The summed E-state index contributed by atoms with van der Waals surface area (Å²) in [4.78, 5) is 2.95. The summed E-state index contributed by atoms with van der Waals surface area (Å²) < 4.78 is 3.71. The first-order chi connectivity index (χ1) is 4.97. The van der Waals surface area contributed by atoms with Gasteiger partial charge in [-0.3, -0.25) is 0 Å². The number of hydrazine groups is 1. The van der Waals surface area contributed by atoms with Crippen molar-refractivity contribution in [3.63, 3.8) is 0 Å². The first-order valence-electron chi connectivity index (χ1n) is 2.53. The van der Waals surface area contributed by atoms with Gasteiger partial charge in [0.15, 0.2) is 5.82 Å². The Balaban J connectivity index is 2.20. The third-order valence-corrected chi connectivity index (χ3v) is 1.97. The zero-order valence-corrected chi connectivity index (χ0v) is 6.45. The van der Waals surface area contributed by atoms with Gasteiger partial charge in [-0.05, 0) is 23.5 Å². The molecule has 0 aromatic carbocycles. The highest BCUT2D eigenvalue weighted by atomic mass is 32.2. The van der Waals surface area contributed by atoms with E-state index >= 15 is 0 Å². The summed E-state index contributed by atoms with van der Waals surface area (Å²) >= 11 is 2.78. The highest BCUT2D eigenvalue weighted by Crippen LogP contribution is 2.16. The average Bonchev–Trinajstić information content (AvgIpc) is 2.59. The first kappa shape index (κ1) is 6.14. The van der Waals surface area contributed by atoms with Crippen molar-refractivity contribution in [2.75, 3.05) is 5.01 Å². The molecule has 0 atom stereocenters. The zero-order valence-electron chi connectivity index (χ0n) is 4.81. The van der Waals surface area contributed by atoms with E-state index in [2.05, 4.69) is 20.6 Å². The van der Waals surface area contributed by atoms with Crippen LogP contribution in [0.25, 0.3) is 0 Å². The van der Waals surface area contributed by atoms with Crippen LogP contribution in [0.4, 0.5) is 5.82 Å². The number of rotatable bonds is 1. The Hall–Kier alpha value is -0.590. The lowest BCUT2D eigenvalue weighted by atomic mass is 10.7. The van der Waals surface area contributed by atoms with Gasteiger partial charge in [0, 0.05) is 5.41 Å². The van der Waals surface area contributed by atoms with Crippen LogP contribution in [0.5, 0.6) is 0 Å².